The molecule has 0 N–H and O–H groups in total. The maximum atomic E-state index is 11.4. The Hall–Kier alpha value is -1.51. The molecule has 0 spiro atoms. The molecule has 0 saturated carbocycles. The molecule has 1 rings (SSSR count). The topological polar surface area (TPSA) is 35.5 Å². The summed E-state index contributed by atoms with van der Waals surface area (Å²) in [6.07, 6.45) is 1.29. The highest BCUT2D eigenvalue weighted by Crippen LogP contribution is 2.20. The summed E-state index contributed by atoms with van der Waals surface area (Å²) in [5.74, 6) is 0.913. The average Bonchev–Trinajstić information content (AvgIpc) is 2.29. The summed E-state index contributed by atoms with van der Waals surface area (Å²) in [6.45, 7) is 6.44. The van der Waals surface area contributed by atoms with E-state index in [0.717, 1.165) is 18.4 Å². The predicted octanol–water partition coefficient (Wildman–Crippen LogP) is 3.81. The fourth-order valence-electron chi connectivity index (χ4n) is 1.43. The third-order valence-electron chi connectivity index (χ3n) is 2.22. The van der Waals surface area contributed by atoms with E-state index in [4.69, 9.17) is 9.47 Å². The number of para-hydroxylation sites is 1. The van der Waals surface area contributed by atoms with Gasteiger partial charge in [0.05, 0.1) is 6.61 Å². The van der Waals surface area contributed by atoms with Gasteiger partial charge < -0.3 is 9.47 Å². The maximum Gasteiger partial charge on any atom is 0.513 e. The Morgan fingerprint density at radius 1 is 1.29 bits per heavy atom. The van der Waals surface area contributed by atoms with Crippen LogP contribution in [0.3, 0.4) is 0 Å². The summed E-state index contributed by atoms with van der Waals surface area (Å²) < 4.78 is 10.2. The lowest BCUT2D eigenvalue weighted by Crippen LogP contribution is -2.14. The summed E-state index contributed by atoms with van der Waals surface area (Å²) in [7, 11) is 0. The molecule has 3 nitrogen and oxygen atoms in total. The first-order valence-electron chi connectivity index (χ1n) is 6.06. The van der Waals surface area contributed by atoms with Gasteiger partial charge in [0.1, 0.15) is 5.75 Å². The third kappa shape index (κ3) is 4.89. The van der Waals surface area contributed by atoms with E-state index in [1.54, 1.807) is 6.07 Å². The lowest BCUT2D eigenvalue weighted by Gasteiger charge is -2.10. The SMILES string of the molecule is CCCc1ccccc1OC(=O)OCC(C)C. The van der Waals surface area contributed by atoms with Crippen molar-refractivity contribution in [2.24, 2.45) is 5.92 Å². The Balaban J connectivity index is 2.58. The molecule has 3 heteroatoms. The molecular formula is C14H20O3. The molecule has 0 aliphatic rings. The Kier molecular flexibility index (Phi) is 5.53. The van der Waals surface area contributed by atoms with Crippen LogP contribution >= 0.6 is 0 Å². The van der Waals surface area contributed by atoms with Gasteiger partial charge in [-0.2, -0.15) is 0 Å². The first-order chi connectivity index (χ1) is 8.13. The van der Waals surface area contributed by atoms with Crippen LogP contribution in [-0.4, -0.2) is 12.8 Å². The quantitative estimate of drug-likeness (QED) is 0.576. The average molecular weight is 236 g/mol. The van der Waals surface area contributed by atoms with E-state index in [2.05, 4.69) is 6.92 Å². The van der Waals surface area contributed by atoms with E-state index >= 15 is 0 Å². The van der Waals surface area contributed by atoms with Crippen LogP contribution in [0.25, 0.3) is 0 Å². The Morgan fingerprint density at radius 3 is 2.65 bits per heavy atom. The minimum absolute atomic E-state index is 0.313. The molecule has 0 aliphatic heterocycles. The first kappa shape index (κ1) is 13.6. The van der Waals surface area contributed by atoms with Gasteiger partial charge in [-0.15, -0.1) is 0 Å². The van der Waals surface area contributed by atoms with Gasteiger partial charge >= 0.3 is 6.16 Å². The molecule has 0 fully saturated rings. The van der Waals surface area contributed by atoms with E-state index in [-0.39, 0.29) is 0 Å². The van der Waals surface area contributed by atoms with E-state index in [1.165, 1.54) is 0 Å². The zero-order chi connectivity index (χ0) is 12.7. The molecule has 0 unspecified atom stereocenters. The highest BCUT2D eigenvalue weighted by atomic mass is 16.7. The number of carbonyl (C=O) groups excluding carboxylic acids is 1. The van der Waals surface area contributed by atoms with Crippen LogP contribution in [0.5, 0.6) is 5.75 Å². The lowest BCUT2D eigenvalue weighted by atomic mass is 10.1. The summed E-state index contributed by atoms with van der Waals surface area (Å²) in [5.41, 5.74) is 1.04. The highest BCUT2D eigenvalue weighted by Gasteiger charge is 2.10. The van der Waals surface area contributed by atoms with Gasteiger partial charge in [0.25, 0.3) is 0 Å². The fraction of sp³-hybridized carbons (Fsp3) is 0.500. The van der Waals surface area contributed by atoms with E-state index < -0.39 is 6.16 Å². The number of hydrogen-bond acceptors (Lipinski definition) is 3. The molecule has 1 aromatic rings. The second-order valence-electron chi connectivity index (χ2n) is 4.41. The number of benzene rings is 1. The summed E-state index contributed by atoms with van der Waals surface area (Å²) >= 11 is 0. The molecule has 1 aromatic carbocycles. The van der Waals surface area contributed by atoms with Gasteiger partial charge in [0, 0.05) is 0 Å². The summed E-state index contributed by atoms with van der Waals surface area (Å²) in [6, 6.07) is 7.55. The largest absolute Gasteiger partial charge is 0.513 e. The van der Waals surface area contributed by atoms with E-state index in [0.29, 0.717) is 18.3 Å². The normalized spacial score (nSPS) is 10.4. The zero-order valence-electron chi connectivity index (χ0n) is 10.7. The number of carbonyl (C=O) groups is 1. The number of hydrogen-bond donors (Lipinski definition) is 0. The maximum absolute atomic E-state index is 11.4. The molecule has 0 aliphatic carbocycles. The molecule has 0 amide bonds. The van der Waals surface area contributed by atoms with Crippen molar-refractivity contribution >= 4 is 6.16 Å². The Labute approximate surface area is 103 Å². The van der Waals surface area contributed by atoms with Crippen LogP contribution in [0.2, 0.25) is 0 Å². The summed E-state index contributed by atoms with van der Waals surface area (Å²) in [4.78, 5) is 11.4. The second-order valence-corrected chi connectivity index (χ2v) is 4.41. The van der Waals surface area contributed by atoms with Crippen LogP contribution in [0.4, 0.5) is 4.79 Å². The standard InChI is InChI=1S/C14H20O3/c1-4-7-12-8-5-6-9-13(12)17-14(15)16-10-11(2)3/h5-6,8-9,11H,4,7,10H2,1-3H3. The molecule has 0 atom stereocenters. The molecule has 0 radical (unpaired) electrons. The van der Waals surface area contributed by atoms with Crippen molar-refractivity contribution in [1.82, 2.24) is 0 Å². The van der Waals surface area contributed by atoms with E-state index in [1.807, 2.05) is 32.0 Å². The molecule has 0 aromatic heterocycles. The van der Waals surface area contributed by atoms with Gasteiger partial charge in [0.15, 0.2) is 0 Å². The van der Waals surface area contributed by atoms with Crippen LogP contribution in [0.1, 0.15) is 32.8 Å². The second kappa shape index (κ2) is 6.94. The van der Waals surface area contributed by atoms with Crippen LogP contribution in [-0.2, 0) is 11.2 Å². The molecule has 0 heterocycles. The lowest BCUT2D eigenvalue weighted by molar-refractivity contribution is 0.0882. The molecule has 17 heavy (non-hydrogen) atoms. The van der Waals surface area contributed by atoms with Gasteiger partial charge in [-0.3, -0.25) is 0 Å². The van der Waals surface area contributed by atoms with Crippen LogP contribution in [0, 0.1) is 5.92 Å². The van der Waals surface area contributed by atoms with Crippen LogP contribution in [0.15, 0.2) is 24.3 Å². The highest BCUT2D eigenvalue weighted by molar-refractivity contribution is 5.64. The van der Waals surface area contributed by atoms with Crippen molar-refractivity contribution < 1.29 is 14.3 Å². The van der Waals surface area contributed by atoms with Gasteiger partial charge in [0.2, 0.25) is 0 Å². The first-order valence-corrected chi connectivity index (χ1v) is 6.06. The fourth-order valence-corrected chi connectivity index (χ4v) is 1.43. The van der Waals surface area contributed by atoms with Gasteiger partial charge in [-0.1, -0.05) is 45.4 Å². The molecule has 0 bridgehead atoms. The number of aryl methyl sites for hydroxylation is 1. The van der Waals surface area contributed by atoms with Gasteiger partial charge in [-0.05, 0) is 24.0 Å². The zero-order valence-corrected chi connectivity index (χ0v) is 10.7. The van der Waals surface area contributed by atoms with Crippen molar-refractivity contribution in [1.29, 1.82) is 0 Å². The molecule has 0 saturated heterocycles. The summed E-state index contributed by atoms with van der Waals surface area (Å²) in [5, 5.41) is 0. The van der Waals surface area contributed by atoms with Crippen molar-refractivity contribution in [3.63, 3.8) is 0 Å². The Bertz CT molecular complexity index is 358. The van der Waals surface area contributed by atoms with Crippen molar-refractivity contribution in [2.75, 3.05) is 6.61 Å². The minimum Gasteiger partial charge on any atom is -0.434 e. The van der Waals surface area contributed by atoms with Gasteiger partial charge in [-0.25, -0.2) is 4.79 Å². The van der Waals surface area contributed by atoms with Crippen LogP contribution < -0.4 is 4.74 Å². The van der Waals surface area contributed by atoms with Crippen molar-refractivity contribution in [2.45, 2.75) is 33.6 Å². The van der Waals surface area contributed by atoms with Crippen molar-refractivity contribution in [3.05, 3.63) is 29.8 Å². The third-order valence-corrected chi connectivity index (χ3v) is 2.22. The molecular weight excluding hydrogens is 216 g/mol. The minimum atomic E-state index is -0.623. The van der Waals surface area contributed by atoms with Crippen molar-refractivity contribution in [3.8, 4) is 5.75 Å². The van der Waals surface area contributed by atoms with E-state index in [9.17, 15) is 4.79 Å². The monoisotopic (exact) mass is 236 g/mol. The smallest absolute Gasteiger partial charge is 0.434 e. The Morgan fingerprint density at radius 2 is 2.00 bits per heavy atom. The number of ether oxygens (including phenoxy) is 2. The number of rotatable bonds is 5. The molecule has 94 valence electrons. The predicted molar refractivity (Wildman–Crippen MR) is 67.3 cm³/mol.